The van der Waals surface area contributed by atoms with E-state index in [0.717, 1.165) is 21.1 Å². The number of carbonyl (C=O) groups excluding carboxylic acids is 2. The van der Waals surface area contributed by atoms with Crippen LogP contribution in [-0.2, 0) is 0 Å². The Labute approximate surface area is 198 Å². The quantitative estimate of drug-likeness (QED) is 0.303. The van der Waals surface area contributed by atoms with E-state index in [-0.39, 0.29) is 11.4 Å². The molecule has 0 atom stereocenters. The number of amides is 2. The number of nitrogens with one attached hydrogen (secondary N) is 2. The molecule has 0 spiro atoms. The van der Waals surface area contributed by atoms with Gasteiger partial charge in [0.15, 0.2) is 10.3 Å². The van der Waals surface area contributed by atoms with Crippen molar-refractivity contribution < 1.29 is 9.59 Å². The van der Waals surface area contributed by atoms with E-state index < -0.39 is 11.8 Å². The van der Waals surface area contributed by atoms with E-state index in [1.54, 1.807) is 40.9 Å². The van der Waals surface area contributed by atoms with Gasteiger partial charge in [0.25, 0.3) is 11.8 Å². The van der Waals surface area contributed by atoms with Crippen LogP contribution in [0.1, 0.15) is 21.0 Å². The third kappa shape index (κ3) is 4.50. The average molecular weight is 496 g/mol. The molecule has 5 heterocycles. The highest BCUT2D eigenvalue weighted by molar-refractivity contribution is 7.16. The highest BCUT2D eigenvalue weighted by Crippen LogP contribution is 2.29. The normalized spacial score (nSPS) is 10.8. The third-order valence-corrected chi connectivity index (χ3v) is 7.51. The summed E-state index contributed by atoms with van der Waals surface area (Å²) in [4.78, 5) is 40.4. The lowest BCUT2D eigenvalue weighted by Crippen LogP contribution is -2.18. The fraction of sp³-hybridized carbons (Fsp3) is 0. The molecule has 5 rings (SSSR count). The molecule has 32 heavy (non-hydrogen) atoms. The summed E-state index contributed by atoms with van der Waals surface area (Å²) >= 11 is 5.83. The Balaban J connectivity index is 1.26. The average Bonchev–Trinajstić information content (AvgIpc) is 3.61. The summed E-state index contributed by atoms with van der Waals surface area (Å²) in [5.74, 6) is -0.859. The molecule has 0 saturated heterocycles. The Hall–Kier alpha value is -3.25. The van der Waals surface area contributed by atoms with E-state index in [1.807, 2.05) is 45.8 Å². The second kappa shape index (κ2) is 9.09. The molecule has 2 amide bonds. The molecule has 2 N–H and O–H groups in total. The number of hydrogen-bond acceptors (Lipinski definition) is 9. The molecule has 5 aromatic rings. The van der Waals surface area contributed by atoms with Gasteiger partial charge in [-0.15, -0.1) is 45.3 Å². The van der Waals surface area contributed by atoms with Gasteiger partial charge in [0.2, 0.25) is 0 Å². The molecule has 0 unspecified atom stereocenters. The van der Waals surface area contributed by atoms with Crippen LogP contribution >= 0.6 is 45.3 Å². The minimum atomic E-state index is -0.430. The first-order valence-electron chi connectivity index (χ1n) is 9.24. The van der Waals surface area contributed by atoms with E-state index >= 15 is 0 Å². The Kier molecular flexibility index (Phi) is 5.86. The molecule has 0 saturated carbocycles. The minimum Gasteiger partial charge on any atom is -0.296 e. The highest BCUT2D eigenvalue weighted by Gasteiger charge is 2.16. The maximum Gasteiger partial charge on any atom is 0.276 e. The standard InChI is InChI=1S/C21H13N5O2S4/c27-18(25-20-23-14(10-31-20)16-6-2-8-29-16)12-4-1-5-13(22-12)19(28)26-21-24-15(11-32-21)17-7-3-9-30-17/h1-11H,(H,23,25,27)(H,24,26,28). The van der Waals surface area contributed by atoms with Gasteiger partial charge in [-0.25, -0.2) is 15.0 Å². The smallest absolute Gasteiger partial charge is 0.276 e. The van der Waals surface area contributed by atoms with Gasteiger partial charge < -0.3 is 0 Å². The van der Waals surface area contributed by atoms with E-state index in [4.69, 9.17) is 0 Å². The Morgan fingerprint density at radius 2 is 1.12 bits per heavy atom. The number of hydrogen-bond donors (Lipinski definition) is 2. The molecule has 7 nitrogen and oxygen atoms in total. The van der Waals surface area contributed by atoms with Crippen molar-refractivity contribution in [2.75, 3.05) is 10.6 Å². The van der Waals surface area contributed by atoms with Crippen molar-refractivity contribution in [3.8, 4) is 21.1 Å². The number of anilines is 2. The summed E-state index contributed by atoms with van der Waals surface area (Å²) in [7, 11) is 0. The Morgan fingerprint density at radius 1 is 0.625 bits per heavy atom. The van der Waals surface area contributed by atoms with Crippen LogP contribution in [0.4, 0.5) is 10.3 Å². The van der Waals surface area contributed by atoms with Crippen LogP contribution in [0, 0.1) is 0 Å². The van der Waals surface area contributed by atoms with Crippen LogP contribution in [0.2, 0.25) is 0 Å². The second-order valence-electron chi connectivity index (χ2n) is 6.35. The van der Waals surface area contributed by atoms with Crippen molar-refractivity contribution in [1.82, 2.24) is 15.0 Å². The number of thiophene rings is 2. The lowest BCUT2D eigenvalue weighted by Gasteiger charge is -2.04. The van der Waals surface area contributed by atoms with Gasteiger partial charge in [-0.3, -0.25) is 20.2 Å². The van der Waals surface area contributed by atoms with Gasteiger partial charge in [-0.1, -0.05) is 18.2 Å². The SMILES string of the molecule is O=C(Nc1nc(-c2cccs2)cs1)c1cccc(C(=O)Nc2nc(-c3cccs3)cs2)n1. The van der Waals surface area contributed by atoms with Crippen molar-refractivity contribution in [3.63, 3.8) is 0 Å². The van der Waals surface area contributed by atoms with Crippen molar-refractivity contribution in [2.24, 2.45) is 0 Å². The van der Waals surface area contributed by atoms with E-state index in [0.29, 0.717) is 10.3 Å². The molecule has 0 aromatic carbocycles. The summed E-state index contributed by atoms with van der Waals surface area (Å²) in [5, 5.41) is 14.2. The second-order valence-corrected chi connectivity index (χ2v) is 9.96. The summed E-state index contributed by atoms with van der Waals surface area (Å²) in [6.45, 7) is 0. The predicted molar refractivity (Wildman–Crippen MR) is 131 cm³/mol. The van der Waals surface area contributed by atoms with E-state index in [2.05, 4.69) is 25.6 Å². The van der Waals surface area contributed by atoms with Gasteiger partial charge in [0.05, 0.1) is 21.1 Å². The Bertz CT molecular complexity index is 1270. The summed E-state index contributed by atoms with van der Waals surface area (Å²) in [6.07, 6.45) is 0. The van der Waals surface area contributed by atoms with Crippen LogP contribution in [0.5, 0.6) is 0 Å². The first-order chi connectivity index (χ1) is 15.7. The summed E-state index contributed by atoms with van der Waals surface area (Å²) in [5.41, 5.74) is 1.88. The highest BCUT2D eigenvalue weighted by atomic mass is 32.1. The predicted octanol–water partition coefficient (Wildman–Crippen LogP) is 5.96. The van der Waals surface area contributed by atoms with Crippen LogP contribution in [0.15, 0.2) is 64.0 Å². The molecule has 0 bridgehead atoms. The lowest BCUT2D eigenvalue weighted by molar-refractivity contribution is 0.101. The van der Waals surface area contributed by atoms with Crippen LogP contribution in [0.25, 0.3) is 21.1 Å². The maximum absolute atomic E-state index is 12.6. The molecule has 0 aliphatic rings. The molecular formula is C21H13N5O2S4. The van der Waals surface area contributed by atoms with E-state index in [1.165, 1.54) is 22.7 Å². The molecule has 0 aliphatic carbocycles. The van der Waals surface area contributed by atoms with Gasteiger partial charge in [-0.2, -0.15) is 0 Å². The minimum absolute atomic E-state index is 0.129. The number of aromatic nitrogens is 3. The van der Waals surface area contributed by atoms with Gasteiger partial charge >= 0.3 is 0 Å². The van der Waals surface area contributed by atoms with Crippen LogP contribution in [0.3, 0.4) is 0 Å². The molecule has 0 radical (unpaired) electrons. The first kappa shape index (κ1) is 20.6. The number of pyridine rings is 1. The number of rotatable bonds is 6. The Morgan fingerprint density at radius 3 is 1.56 bits per heavy atom. The van der Waals surface area contributed by atoms with Crippen molar-refractivity contribution >= 4 is 67.4 Å². The zero-order valence-electron chi connectivity index (χ0n) is 16.1. The molecular weight excluding hydrogens is 483 g/mol. The van der Waals surface area contributed by atoms with Gasteiger partial charge in [0.1, 0.15) is 11.4 Å². The third-order valence-electron chi connectivity index (χ3n) is 4.21. The molecule has 0 aliphatic heterocycles. The van der Waals surface area contributed by atoms with Gasteiger partial charge in [-0.05, 0) is 35.0 Å². The molecule has 0 fully saturated rings. The first-order valence-corrected chi connectivity index (χ1v) is 12.8. The maximum atomic E-state index is 12.6. The fourth-order valence-corrected chi connectivity index (χ4v) is 5.68. The molecule has 158 valence electrons. The molecule has 11 heteroatoms. The summed E-state index contributed by atoms with van der Waals surface area (Å²) < 4.78 is 0. The van der Waals surface area contributed by atoms with E-state index in [9.17, 15) is 9.59 Å². The molecule has 5 aromatic heterocycles. The summed E-state index contributed by atoms with van der Waals surface area (Å²) in [6, 6.07) is 12.6. The zero-order valence-corrected chi connectivity index (χ0v) is 19.4. The monoisotopic (exact) mass is 495 g/mol. The number of carbonyl (C=O) groups is 2. The van der Waals surface area contributed by atoms with Gasteiger partial charge in [0, 0.05) is 10.8 Å². The van der Waals surface area contributed by atoms with Crippen LogP contribution < -0.4 is 10.6 Å². The van der Waals surface area contributed by atoms with Crippen molar-refractivity contribution in [1.29, 1.82) is 0 Å². The number of nitrogens with zero attached hydrogens (tertiary/aromatic N) is 3. The largest absolute Gasteiger partial charge is 0.296 e. The van der Waals surface area contributed by atoms with Crippen LogP contribution in [-0.4, -0.2) is 26.8 Å². The zero-order chi connectivity index (χ0) is 21.9. The topological polar surface area (TPSA) is 96.9 Å². The fourth-order valence-electron chi connectivity index (χ4n) is 2.75. The lowest BCUT2D eigenvalue weighted by atomic mass is 10.3. The number of thiazole rings is 2. The van der Waals surface area contributed by atoms with Crippen molar-refractivity contribution in [3.05, 3.63) is 75.4 Å². The van der Waals surface area contributed by atoms with Crippen molar-refractivity contribution in [2.45, 2.75) is 0 Å².